The molecule has 0 saturated carbocycles. The summed E-state index contributed by atoms with van der Waals surface area (Å²) in [6.45, 7) is 6.60. The third-order valence-corrected chi connectivity index (χ3v) is 4.57. The van der Waals surface area contributed by atoms with Gasteiger partial charge in [-0.2, -0.15) is 4.57 Å². The van der Waals surface area contributed by atoms with Crippen LogP contribution < -0.4 is 4.57 Å². The van der Waals surface area contributed by atoms with Gasteiger partial charge < -0.3 is 4.57 Å². The summed E-state index contributed by atoms with van der Waals surface area (Å²) in [5, 5.41) is 0. The van der Waals surface area contributed by atoms with Crippen LogP contribution in [0.1, 0.15) is 40.7 Å². The lowest BCUT2D eigenvalue weighted by molar-refractivity contribution is -0.683. The Labute approximate surface area is 149 Å². The lowest BCUT2D eigenvalue weighted by atomic mass is 10.1. The number of Topliss-reactive ketones (excluding diaryl/α,β-unsaturated/α-hetero) is 1. The van der Waals surface area contributed by atoms with Gasteiger partial charge in [-0.05, 0) is 44.0 Å². The van der Waals surface area contributed by atoms with E-state index in [1.165, 1.54) is 5.56 Å². The normalized spacial score (nSPS) is 10.8. The molecule has 2 heterocycles. The Balaban J connectivity index is 1.83. The second-order valence-corrected chi connectivity index (χ2v) is 6.51. The van der Waals surface area contributed by atoms with Crippen LogP contribution in [0.5, 0.6) is 0 Å². The molecule has 0 spiro atoms. The minimum Gasteiger partial charge on any atom is -0.318 e. The molecule has 0 saturated heterocycles. The van der Waals surface area contributed by atoms with Crippen LogP contribution in [-0.2, 0) is 13.0 Å². The summed E-state index contributed by atoms with van der Waals surface area (Å²) >= 11 is 0. The molecule has 3 nitrogen and oxygen atoms in total. The number of pyridine rings is 1. The summed E-state index contributed by atoms with van der Waals surface area (Å²) < 4.78 is 4.10. The minimum absolute atomic E-state index is 0.142. The number of hydrogen-bond acceptors (Lipinski definition) is 1. The Bertz CT molecular complexity index is 861. The first-order valence-corrected chi connectivity index (χ1v) is 8.85. The van der Waals surface area contributed by atoms with Crippen molar-refractivity contribution in [3.05, 3.63) is 83.4 Å². The van der Waals surface area contributed by atoms with Gasteiger partial charge in [-0.15, -0.1) is 0 Å². The number of rotatable bonds is 6. The first kappa shape index (κ1) is 17.2. The summed E-state index contributed by atoms with van der Waals surface area (Å²) in [6, 6.07) is 16.4. The second kappa shape index (κ2) is 7.47. The quantitative estimate of drug-likeness (QED) is 0.490. The molecule has 0 radical (unpaired) electrons. The first-order valence-electron chi connectivity index (χ1n) is 8.85. The highest BCUT2D eigenvalue weighted by Crippen LogP contribution is 2.21. The van der Waals surface area contributed by atoms with Crippen LogP contribution in [0, 0.1) is 13.8 Å². The number of carbonyl (C=O) groups excluding carboxylic acids is 1. The summed E-state index contributed by atoms with van der Waals surface area (Å²) in [5.74, 6) is 0.142. The highest BCUT2D eigenvalue weighted by molar-refractivity contribution is 5.96. The summed E-state index contributed by atoms with van der Waals surface area (Å²) in [5.41, 5.74) is 5.28. The maximum absolute atomic E-state index is 12.8. The molecule has 3 aromatic rings. The lowest BCUT2D eigenvalue weighted by Crippen LogP contribution is -2.37. The Morgan fingerprint density at radius 3 is 2.36 bits per heavy atom. The van der Waals surface area contributed by atoms with Crippen molar-refractivity contribution in [3.8, 4) is 5.69 Å². The molecule has 3 rings (SSSR count). The first-order chi connectivity index (χ1) is 12.1. The fraction of sp³-hybridized carbons (Fsp3) is 0.273. The zero-order valence-electron chi connectivity index (χ0n) is 15.2. The number of hydrogen-bond donors (Lipinski definition) is 0. The van der Waals surface area contributed by atoms with Crippen molar-refractivity contribution in [3.63, 3.8) is 0 Å². The molecule has 3 heteroatoms. The monoisotopic (exact) mass is 333 g/mol. The van der Waals surface area contributed by atoms with E-state index in [-0.39, 0.29) is 5.78 Å². The van der Waals surface area contributed by atoms with E-state index in [1.54, 1.807) is 0 Å². The number of nitrogens with zero attached hydrogens (tertiary/aromatic N) is 2. The SMILES string of the molecule is CCCc1cc[n+](CC(=O)c2cc(C)n(-c3ccccc3)c2C)cc1. The van der Waals surface area contributed by atoms with Gasteiger partial charge >= 0.3 is 0 Å². The standard InChI is InChI=1S/C22H25N2O/c1-4-8-19-11-13-23(14-12-19)16-22(25)21-15-17(2)24(18(21)3)20-9-6-5-7-10-20/h5-7,9-15H,4,8,16H2,1-3H3/q+1. The van der Waals surface area contributed by atoms with Crippen LogP contribution in [0.3, 0.4) is 0 Å². The van der Waals surface area contributed by atoms with Crippen LogP contribution >= 0.6 is 0 Å². The van der Waals surface area contributed by atoms with E-state index >= 15 is 0 Å². The van der Waals surface area contributed by atoms with E-state index in [0.29, 0.717) is 6.54 Å². The molecule has 0 aliphatic heterocycles. The van der Waals surface area contributed by atoms with Gasteiger partial charge in [0.25, 0.3) is 0 Å². The molecule has 0 unspecified atom stereocenters. The fourth-order valence-electron chi connectivity index (χ4n) is 3.32. The van der Waals surface area contributed by atoms with Crippen LogP contribution in [0.15, 0.2) is 60.9 Å². The molecule has 25 heavy (non-hydrogen) atoms. The van der Waals surface area contributed by atoms with E-state index in [1.807, 2.05) is 55.1 Å². The van der Waals surface area contributed by atoms with Gasteiger partial charge in [0.1, 0.15) is 0 Å². The minimum atomic E-state index is 0.142. The predicted octanol–water partition coefficient (Wildman–Crippen LogP) is 4.22. The number of carbonyl (C=O) groups is 1. The average Bonchev–Trinajstić information content (AvgIpc) is 2.92. The molecule has 0 fully saturated rings. The molecule has 0 bridgehead atoms. The third kappa shape index (κ3) is 3.71. The predicted molar refractivity (Wildman–Crippen MR) is 100 cm³/mol. The molecule has 0 aliphatic rings. The summed E-state index contributed by atoms with van der Waals surface area (Å²) in [6.07, 6.45) is 6.21. The van der Waals surface area contributed by atoms with Crippen molar-refractivity contribution in [2.24, 2.45) is 0 Å². The highest BCUT2D eigenvalue weighted by Gasteiger charge is 2.19. The summed E-state index contributed by atoms with van der Waals surface area (Å²) in [7, 11) is 0. The van der Waals surface area contributed by atoms with Crippen molar-refractivity contribution < 1.29 is 9.36 Å². The molecule has 0 N–H and O–H groups in total. The maximum Gasteiger partial charge on any atom is 0.229 e. The highest BCUT2D eigenvalue weighted by atomic mass is 16.1. The van der Waals surface area contributed by atoms with E-state index in [0.717, 1.165) is 35.5 Å². The number of benzene rings is 1. The molecule has 0 atom stereocenters. The van der Waals surface area contributed by atoms with Gasteiger partial charge in [0.05, 0.1) is 0 Å². The van der Waals surface area contributed by atoms with Gasteiger partial charge in [-0.3, -0.25) is 4.79 Å². The zero-order chi connectivity index (χ0) is 17.8. The van der Waals surface area contributed by atoms with Gasteiger partial charge in [0.15, 0.2) is 12.4 Å². The molecular formula is C22H25N2O+. The van der Waals surface area contributed by atoms with Gasteiger partial charge in [-0.25, -0.2) is 0 Å². The van der Waals surface area contributed by atoms with Gasteiger partial charge in [0, 0.05) is 34.8 Å². The van der Waals surface area contributed by atoms with Crippen molar-refractivity contribution >= 4 is 5.78 Å². The zero-order valence-corrected chi connectivity index (χ0v) is 15.2. The molecule has 0 aliphatic carbocycles. The average molecular weight is 333 g/mol. The van der Waals surface area contributed by atoms with Crippen LogP contribution in [0.2, 0.25) is 0 Å². The Morgan fingerprint density at radius 1 is 1.04 bits per heavy atom. The molecule has 0 amide bonds. The van der Waals surface area contributed by atoms with Crippen LogP contribution in [-0.4, -0.2) is 10.4 Å². The van der Waals surface area contributed by atoms with E-state index in [9.17, 15) is 4.79 Å². The Morgan fingerprint density at radius 2 is 1.72 bits per heavy atom. The smallest absolute Gasteiger partial charge is 0.229 e. The maximum atomic E-state index is 12.8. The van der Waals surface area contributed by atoms with Gasteiger partial charge in [0.2, 0.25) is 12.3 Å². The second-order valence-electron chi connectivity index (χ2n) is 6.51. The molecule has 128 valence electrons. The van der Waals surface area contributed by atoms with Crippen molar-refractivity contribution in [1.29, 1.82) is 0 Å². The largest absolute Gasteiger partial charge is 0.318 e. The van der Waals surface area contributed by atoms with Crippen molar-refractivity contribution in [2.45, 2.75) is 40.2 Å². The fourth-order valence-corrected chi connectivity index (χ4v) is 3.32. The number of ketones is 1. The third-order valence-electron chi connectivity index (χ3n) is 4.57. The lowest BCUT2D eigenvalue weighted by Gasteiger charge is -2.09. The molecular weight excluding hydrogens is 308 g/mol. The summed E-state index contributed by atoms with van der Waals surface area (Å²) in [4.78, 5) is 12.8. The van der Waals surface area contributed by atoms with Crippen molar-refractivity contribution in [1.82, 2.24) is 4.57 Å². The van der Waals surface area contributed by atoms with E-state index in [2.05, 4.69) is 35.8 Å². The number of aryl methyl sites for hydroxylation is 2. The van der Waals surface area contributed by atoms with Crippen LogP contribution in [0.4, 0.5) is 0 Å². The molecule has 2 aromatic heterocycles. The van der Waals surface area contributed by atoms with E-state index < -0.39 is 0 Å². The van der Waals surface area contributed by atoms with Crippen LogP contribution in [0.25, 0.3) is 5.69 Å². The van der Waals surface area contributed by atoms with E-state index in [4.69, 9.17) is 0 Å². The van der Waals surface area contributed by atoms with Gasteiger partial charge in [-0.1, -0.05) is 31.5 Å². The Kier molecular flexibility index (Phi) is 5.13. The van der Waals surface area contributed by atoms with Crippen molar-refractivity contribution in [2.75, 3.05) is 0 Å². The topological polar surface area (TPSA) is 25.9 Å². The number of aromatic nitrogens is 2. The Hall–Kier alpha value is -2.68. The molecule has 1 aromatic carbocycles. The number of para-hydroxylation sites is 1.